The van der Waals surface area contributed by atoms with Crippen LogP contribution in [-0.2, 0) is 31.9 Å². The molecule has 0 spiro atoms. The van der Waals surface area contributed by atoms with E-state index in [1.165, 1.54) is 13.8 Å². The van der Waals surface area contributed by atoms with E-state index in [1.54, 1.807) is 0 Å². The first-order valence-corrected chi connectivity index (χ1v) is 19.8. The molecule has 2 aliphatic rings. The van der Waals surface area contributed by atoms with Crippen LogP contribution in [0.4, 0.5) is 9.59 Å². The molecule has 2 atom stereocenters. The van der Waals surface area contributed by atoms with Gasteiger partial charge < -0.3 is 46.7 Å². The Kier molecular flexibility index (Phi) is 16.1. The number of aliphatic carboxylic acids is 2. The van der Waals surface area contributed by atoms with Crippen LogP contribution in [0.15, 0.2) is 158 Å². The summed E-state index contributed by atoms with van der Waals surface area (Å²) in [6.45, 7) is 3.26. The van der Waals surface area contributed by atoms with Crippen LogP contribution in [0.1, 0.15) is 59.1 Å². The smallest absolute Gasteiger partial charge is 0.408 e. The number of rotatable bonds is 12. The molecule has 63 heavy (non-hydrogen) atoms. The van der Waals surface area contributed by atoms with Crippen LogP contribution in [0.5, 0.6) is 0 Å². The minimum absolute atomic E-state index is 0. The van der Waals surface area contributed by atoms with Crippen molar-refractivity contribution in [3.63, 3.8) is 0 Å². The molecule has 13 nitrogen and oxygen atoms in total. The summed E-state index contributed by atoms with van der Waals surface area (Å²) >= 11 is 0. The van der Waals surface area contributed by atoms with E-state index in [4.69, 9.17) is 9.47 Å². The Morgan fingerprint density at radius 1 is 0.444 bits per heavy atom. The number of carboxylic acid groups (broad SMARTS) is 2. The normalized spacial score (nSPS) is 13.6. The SMILES string of the molecule is C[C@@](Cc1ccccc1)(NC(=O)OCC1c2ccccc2-c2ccccc21)C(=O)O.C[C@@](Cc1ccccc1)(NC(=O)OCC1c2ccccc2-c2ccccc21)C(=O)O.O.O.O. The average molecular weight is 857 g/mol. The van der Waals surface area contributed by atoms with Crippen LogP contribution >= 0.6 is 0 Å². The highest BCUT2D eigenvalue weighted by Gasteiger charge is 2.38. The van der Waals surface area contributed by atoms with E-state index < -0.39 is 35.2 Å². The van der Waals surface area contributed by atoms with Crippen LogP contribution in [0, 0.1) is 0 Å². The van der Waals surface area contributed by atoms with Crippen molar-refractivity contribution in [1.82, 2.24) is 10.6 Å². The van der Waals surface area contributed by atoms with Crippen LogP contribution in [0.2, 0.25) is 0 Å². The molecular weight excluding hydrogens is 805 g/mol. The highest BCUT2D eigenvalue weighted by Crippen LogP contribution is 2.45. The van der Waals surface area contributed by atoms with Gasteiger partial charge in [-0.15, -0.1) is 0 Å². The molecule has 0 fully saturated rings. The second kappa shape index (κ2) is 21.0. The summed E-state index contributed by atoms with van der Waals surface area (Å²) in [4.78, 5) is 48.8. The molecular formula is C50H52N2O11. The standard InChI is InChI=1S/2C25H23NO4.3H2O/c2*1-25(23(27)28,15-17-9-3-2-4-10-17)26-24(29)30-16-22-20-13-7-5-11-18(20)19-12-6-8-14-21(19)22;;;/h2*2-14,22H,15-16H2,1H3,(H,26,29)(H,27,28);3*1H2/t2*25-;;;/m00.../s1. The summed E-state index contributed by atoms with van der Waals surface area (Å²) < 4.78 is 11.0. The third-order valence-electron chi connectivity index (χ3n) is 11.2. The van der Waals surface area contributed by atoms with Crippen molar-refractivity contribution < 1.29 is 55.3 Å². The first kappa shape index (κ1) is 48.3. The van der Waals surface area contributed by atoms with Gasteiger partial charge in [-0.1, -0.05) is 158 Å². The molecule has 13 heteroatoms. The average Bonchev–Trinajstić information content (AvgIpc) is 3.75. The third-order valence-corrected chi connectivity index (χ3v) is 11.2. The van der Waals surface area contributed by atoms with Crippen molar-refractivity contribution in [2.45, 2.75) is 49.6 Å². The molecule has 6 aromatic carbocycles. The molecule has 10 N–H and O–H groups in total. The number of carboxylic acids is 2. The number of hydrogen-bond acceptors (Lipinski definition) is 6. The van der Waals surface area contributed by atoms with Crippen LogP contribution in [0.25, 0.3) is 22.3 Å². The summed E-state index contributed by atoms with van der Waals surface area (Å²) in [5, 5.41) is 24.5. The molecule has 8 rings (SSSR count). The molecule has 0 heterocycles. The van der Waals surface area contributed by atoms with E-state index in [-0.39, 0.29) is 54.3 Å². The Morgan fingerprint density at radius 2 is 0.698 bits per heavy atom. The first-order chi connectivity index (χ1) is 29.0. The van der Waals surface area contributed by atoms with Gasteiger partial charge in [0.2, 0.25) is 0 Å². The Hall–Kier alpha value is -7.32. The monoisotopic (exact) mass is 856 g/mol. The van der Waals surface area contributed by atoms with Gasteiger partial charge in [-0.2, -0.15) is 0 Å². The number of fused-ring (bicyclic) bond motifs is 6. The molecule has 0 saturated heterocycles. The molecule has 328 valence electrons. The zero-order valence-corrected chi connectivity index (χ0v) is 34.8. The van der Waals surface area contributed by atoms with Gasteiger partial charge >= 0.3 is 24.1 Å². The van der Waals surface area contributed by atoms with E-state index in [9.17, 15) is 29.4 Å². The number of alkyl carbamates (subject to hydrolysis) is 2. The van der Waals surface area contributed by atoms with Gasteiger partial charge in [0, 0.05) is 24.7 Å². The topological polar surface area (TPSA) is 246 Å². The lowest BCUT2D eigenvalue weighted by Crippen LogP contribution is -2.54. The van der Waals surface area contributed by atoms with E-state index in [0.717, 1.165) is 55.6 Å². The number of ether oxygens (including phenoxy) is 2. The van der Waals surface area contributed by atoms with E-state index >= 15 is 0 Å². The predicted molar refractivity (Wildman–Crippen MR) is 240 cm³/mol. The fourth-order valence-corrected chi connectivity index (χ4v) is 8.07. The molecule has 0 unspecified atom stereocenters. The van der Waals surface area contributed by atoms with Gasteiger partial charge in [0.05, 0.1) is 0 Å². The maximum atomic E-state index is 12.5. The van der Waals surface area contributed by atoms with Crippen molar-refractivity contribution in [3.8, 4) is 22.3 Å². The number of carbonyl (C=O) groups excluding carboxylic acids is 2. The number of benzene rings is 6. The molecule has 2 amide bonds. The highest BCUT2D eigenvalue weighted by atomic mass is 16.6. The predicted octanol–water partition coefficient (Wildman–Crippen LogP) is 6.75. The van der Waals surface area contributed by atoms with E-state index in [1.807, 2.05) is 133 Å². The minimum Gasteiger partial charge on any atom is -0.480 e. The van der Waals surface area contributed by atoms with Gasteiger partial charge in [0.1, 0.15) is 24.3 Å². The Morgan fingerprint density at radius 3 is 0.968 bits per heavy atom. The maximum Gasteiger partial charge on any atom is 0.408 e. The quantitative estimate of drug-likeness (QED) is 0.102. The van der Waals surface area contributed by atoms with Crippen LogP contribution in [-0.4, -0.2) is 75.1 Å². The van der Waals surface area contributed by atoms with Crippen LogP contribution in [0.3, 0.4) is 0 Å². The number of nitrogens with one attached hydrogen (secondary N) is 2. The fraction of sp³-hybridized carbons (Fsp3) is 0.200. The molecule has 6 aromatic rings. The minimum atomic E-state index is -1.47. The molecule has 2 aliphatic carbocycles. The summed E-state index contributed by atoms with van der Waals surface area (Å²) in [5.41, 5.74) is 7.70. The zero-order valence-electron chi connectivity index (χ0n) is 34.8. The number of hydrogen-bond donors (Lipinski definition) is 4. The van der Waals surface area contributed by atoms with Gasteiger partial charge in [-0.05, 0) is 69.5 Å². The van der Waals surface area contributed by atoms with E-state index in [2.05, 4.69) is 34.9 Å². The first-order valence-electron chi connectivity index (χ1n) is 19.8. The Labute approximate surface area is 365 Å². The molecule has 0 radical (unpaired) electrons. The largest absolute Gasteiger partial charge is 0.480 e. The molecule has 0 bridgehead atoms. The second-order valence-electron chi connectivity index (χ2n) is 15.5. The van der Waals surface area contributed by atoms with Gasteiger partial charge in [0.25, 0.3) is 0 Å². The van der Waals surface area contributed by atoms with Crippen molar-refractivity contribution >= 4 is 24.1 Å². The van der Waals surface area contributed by atoms with Crippen molar-refractivity contribution in [1.29, 1.82) is 0 Å². The van der Waals surface area contributed by atoms with Gasteiger partial charge in [-0.25, -0.2) is 19.2 Å². The summed E-state index contributed by atoms with van der Waals surface area (Å²) in [6.07, 6.45) is -1.16. The van der Waals surface area contributed by atoms with Crippen molar-refractivity contribution in [2.75, 3.05) is 13.2 Å². The lowest BCUT2D eigenvalue weighted by molar-refractivity contribution is -0.144. The summed E-state index contributed by atoms with van der Waals surface area (Å²) in [6, 6.07) is 50.7. The molecule has 0 aliphatic heterocycles. The molecule has 0 saturated carbocycles. The number of amides is 2. The van der Waals surface area contributed by atoms with Gasteiger partial charge in [-0.3, -0.25) is 0 Å². The summed E-state index contributed by atoms with van der Waals surface area (Å²) in [5.74, 6) is -2.37. The summed E-state index contributed by atoms with van der Waals surface area (Å²) in [7, 11) is 0. The number of carbonyl (C=O) groups is 4. The maximum absolute atomic E-state index is 12.5. The van der Waals surface area contributed by atoms with Crippen molar-refractivity contribution in [3.05, 3.63) is 191 Å². The zero-order chi connectivity index (χ0) is 42.3. The lowest BCUT2D eigenvalue weighted by atomic mass is 9.93. The Balaban J connectivity index is 0.000000264. The van der Waals surface area contributed by atoms with Crippen LogP contribution < -0.4 is 10.6 Å². The van der Waals surface area contributed by atoms with Gasteiger partial charge in [0.15, 0.2) is 0 Å². The fourth-order valence-electron chi connectivity index (χ4n) is 8.07. The second-order valence-corrected chi connectivity index (χ2v) is 15.5. The lowest BCUT2D eigenvalue weighted by Gasteiger charge is -2.26. The Bertz CT molecular complexity index is 2250. The molecule has 0 aromatic heterocycles. The van der Waals surface area contributed by atoms with Crippen molar-refractivity contribution in [2.24, 2.45) is 0 Å². The highest BCUT2D eigenvalue weighted by molar-refractivity contribution is 5.86. The van der Waals surface area contributed by atoms with E-state index in [0.29, 0.717) is 0 Å². The third kappa shape index (κ3) is 10.8.